The molecule has 122 valence electrons. The van der Waals surface area contributed by atoms with Gasteiger partial charge in [-0.1, -0.05) is 12.1 Å². The molecule has 0 bridgehead atoms. The van der Waals surface area contributed by atoms with Crippen molar-refractivity contribution in [1.29, 1.82) is 0 Å². The summed E-state index contributed by atoms with van der Waals surface area (Å²) in [6.45, 7) is 7.21. The largest absolute Gasteiger partial charge is 0.494 e. The third kappa shape index (κ3) is 5.33. The molecule has 2 N–H and O–H groups in total. The highest BCUT2D eigenvalue weighted by Gasteiger charge is 2.05. The summed E-state index contributed by atoms with van der Waals surface area (Å²) in [5.41, 5.74) is 4.07. The average molecular weight is 312 g/mol. The van der Waals surface area contributed by atoms with Crippen molar-refractivity contribution in [2.24, 2.45) is 0 Å². The minimum Gasteiger partial charge on any atom is -0.494 e. The van der Waals surface area contributed by atoms with Gasteiger partial charge in [-0.15, -0.1) is 0 Å². The number of hydrogen-bond acceptors (Lipinski definition) is 3. The van der Waals surface area contributed by atoms with Gasteiger partial charge in [-0.25, -0.2) is 0 Å². The van der Waals surface area contributed by atoms with Crippen LogP contribution in [-0.4, -0.2) is 19.1 Å². The van der Waals surface area contributed by atoms with E-state index in [1.807, 2.05) is 63.2 Å². The van der Waals surface area contributed by atoms with Crippen LogP contribution < -0.4 is 15.4 Å². The first-order valence-corrected chi connectivity index (χ1v) is 7.92. The second-order valence-corrected chi connectivity index (χ2v) is 5.50. The number of rotatable bonds is 7. The maximum absolute atomic E-state index is 12.0. The van der Waals surface area contributed by atoms with Crippen LogP contribution in [0.4, 0.5) is 11.4 Å². The molecule has 4 nitrogen and oxygen atoms in total. The molecule has 0 atom stereocenters. The molecule has 0 aliphatic heterocycles. The molecule has 0 heterocycles. The highest BCUT2D eigenvalue weighted by atomic mass is 16.5. The molecular formula is C19H24N2O2. The van der Waals surface area contributed by atoms with E-state index in [-0.39, 0.29) is 5.91 Å². The van der Waals surface area contributed by atoms with E-state index in [4.69, 9.17) is 4.74 Å². The molecule has 2 rings (SSSR count). The van der Waals surface area contributed by atoms with Gasteiger partial charge in [-0.2, -0.15) is 0 Å². The number of ether oxygens (including phenoxy) is 1. The van der Waals surface area contributed by atoms with Crippen LogP contribution in [0.5, 0.6) is 5.75 Å². The Labute approximate surface area is 137 Å². The zero-order valence-corrected chi connectivity index (χ0v) is 14.0. The van der Waals surface area contributed by atoms with Gasteiger partial charge in [0.15, 0.2) is 0 Å². The fourth-order valence-corrected chi connectivity index (χ4v) is 2.24. The van der Waals surface area contributed by atoms with Gasteiger partial charge in [0.2, 0.25) is 5.91 Å². The van der Waals surface area contributed by atoms with Crippen molar-refractivity contribution in [1.82, 2.24) is 0 Å². The summed E-state index contributed by atoms with van der Waals surface area (Å²) in [6, 6.07) is 13.8. The van der Waals surface area contributed by atoms with E-state index in [9.17, 15) is 4.79 Å². The Kier molecular flexibility index (Phi) is 6.03. The van der Waals surface area contributed by atoms with Gasteiger partial charge in [-0.3, -0.25) is 4.79 Å². The van der Waals surface area contributed by atoms with Crippen molar-refractivity contribution in [3.8, 4) is 5.75 Å². The predicted molar refractivity (Wildman–Crippen MR) is 95.3 cm³/mol. The zero-order chi connectivity index (χ0) is 16.7. The van der Waals surface area contributed by atoms with E-state index in [0.717, 1.165) is 28.3 Å². The average Bonchev–Trinajstić information content (AvgIpc) is 2.53. The molecule has 2 aromatic carbocycles. The number of aryl methyl sites for hydroxylation is 2. The van der Waals surface area contributed by atoms with E-state index in [0.29, 0.717) is 19.6 Å². The molecule has 1 amide bonds. The Morgan fingerprint density at radius 2 is 1.83 bits per heavy atom. The van der Waals surface area contributed by atoms with Crippen LogP contribution in [0.2, 0.25) is 0 Å². The third-order valence-electron chi connectivity index (χ3n) is 3.51. The van der Waals surface area contributed by atoms with Gasteiger partial charge in [0.25, 0.3) is 0 Å². The lowest BCUT2D eigenvalue weighted by atomic mass is 10.1. The molecule has 0 saturated heterocycles. The second kappa shape index (κ2) is 8.22. The number of amides is 1. The Morgan fingerprint density at radius 1 is 1.09 bits per heavy atom. The summed E-state index contributed by atoms with van der Waals surface area (Å²) >= 11 is 0. The van der Waals surface area contributed by atoms with E-state index in [2.05, 4.69) is 10.6 Å². The molecule has 0 aliphatic rings. The lowest BCUT2D eigenvalue weighted by Crippen LogP contribution is -2.16. The van der Waals surface area contributed by atoms with Crippen LogP contribution in [0.3, 0.4) is 0 Å². The monoisotopic (exact) mass is 312 g/mol. The molecule has 23 heavy (non-hydrogen) atoms. The first-order valence-electron chi connectivity index (χ1n) is 7.92. The van der Waals surface area contributed by atoms with Crippen LogP contribution >= 0.6 is 0 Å². The zero-order valence-electron chi connectivity index (χ0n) is 14.0. The van der Waals surface area contributed by atoms with Gasteiger partial charge in [0, 0.05) is 24.3 Å². The highest BCUT2D eigenvalue weighted by Crippen LogP contribution is 2.17. The molecule has 0 spiro atoms. The molecule has 0 unspecified atom stereocenters. The van der Waals surface area contributed by atoms with Gasteiger partial charge in [0.1, 0.15) is 5.75 Å². The number of nitrogens with one attached hydrogen (secondary N) is 2. The number of carbonyl (C=O) groups excluding carboxylic acids is 1. The molecular weight excluding hydrogens is 288 g/mol. The van der Waals surface area contributed by atoms with E-state index < -0.39 is 0 Å². The highest BCUT2D eigenvalue weighted by molar-refractivity contribution is 5.91. The van der Waals surface area contributed by atoms with Gasteiger partial charge in [0.05, 0.1) is 6.61 Å². The summed E-state index contributed by atoms with van der Waals surface area (Å²) in [5, 5.41) is 6.20. The van der Waals surface area contributed by atoms with E-state index in [1.165, 1.54) is 0 Å². The normalized spacial score (nSPS) is 10.2. The summed E-state index contributed by atoms with van der Waals surface area (Å²) < 4.78 is 5.40. The Morgan fingerprint density at radius 3 is 2.52 bits per heavy atom. The maximum atomic E-state index is 12.0. The summed E-state index contributed by atoms with van der Waals surface area (Å²) in [5.74, 6) is 0.864. The predicted octanol–water partition coefficient (Wildman–Crippen LogP) is 4.14. The van der Waals surface area contributed by atoms with Crippen LogP contribution in [-0.2, 0) is 4.79 Å². The van der Waals surface area contributed by atoms with Crippen molar-refractivity contribution in [2.45, 2.75) is 27.2 Å². The molecule has 0 aliphatic carbocycles. The summed E-state index contributed by atoms with van der Waals surface area (Å²) in [6.07, 6.45) is 0.417. The van der Waals surface area contributed by atoms with E-state index in [1.54, 1.807) is 0 Å². The molecule has 0 radical (unpaired) electrons. The fraction of sp³-hybridized carbons (Fsp3) is 0.316. The lowest BCUT2D eigenvalue weighted by molar-refractivity contribution is -0.115. The SMILES string of the molecule is CCOc1ccc(NCCC(=O)Nc2cc(C)ccc2C)cc1. The van der Waals surface area contributed by atoms with Crippen LogP contribution in [0.1, 0.15) is 24.5 Å². The standard InChI is InChI=1S/C19H24N2O2/c1-4-23-17-9-7-16(8-10-17)20-12-11-19(22)21-18-13-14(2)5-6-15(18)3/h5-10,13,20H,4,11-12H2,1-3H3,(H,21,22). The Bertz CT molecular complexity index is 651. The molecule has 0 saturated carbocycles. The van der Waals surface area contributed by atoms with Crippen molar-refractivity contribution in [2.75, 3.05) is 23.8 Å². The number of hydrogen-bond donors (Lipinski definition) is 2. The third-order valence-corrected chi connectivity index (χ3v) is 3.51. The molecule has 0 aromatic heterocycles. The van der Waals surface area contributed by atoms with Crippen molar-refractivity contribution in [3.63, 3.8) is 0 Å². The fourth-order valence-electron chi connectivity index (χ4n) is 2.24. The van der Waals surface area contributed by atoms with Crippen LogP contribution in [0.25, 0.3) is 0 Å². The first-order chi connectivity index (χ1) is 11.1. The molecule has 4 heteroatoms. The smallest absolute Gasteiger partial charge is 0.226 e. The van der Waals surface area contributed by atoms with Crippen molar-refractivity contribution >= 4 is 17.3 Å². The number of benzene rings is 2. The minimum absolute atomic E-state index is 0.0112. The topological polar surface area (TPSA) is 50.4 Å². The summed E-state index contributed by atoms with van der Waals surface area (Å²) in [7, 11) is 0. The molecule has 2 aromatic rings. The summed E-state index contributed by atoms with van der Waals surface area (Å²) in [4.78, 5) is 12.0. The minimum atomic E-state index is 0.0112. The Hall–Kier alpha value is -2.49. The van der Waals surface area contributed by atoms with Crippen LogP contribution in [0.15, 0.2) is 42.5 Å². The quantitative estimate of drug-likeness (QED) is 0.808. The second-order valence-electron chi connectivity index (χ2n) is 5.50. The van der Waals surface area contributed by atoms with Crippen molar-refractivity contribution in [3.05, 3.63) is 53.6 Å². The maximum Gasteiger partial charge on any atom is 0.226 e. The first kappa shape index (κ1) is 16.9. The van der Waals surface area contributed by atoms with Gasteiger partial charge < -0.3 is 15.4 Å². The Balaban J connectivity index is 1.79. The van der Waals surface area contributed by atoms with E-state index >= 15 is 0 Å². The van der Waals surface area contributed by atoms with Gasteiger partial charge >= 0.3 is 0 Å². The lowest BCUT2D eigenvalue weighted by Gasteiger charge is -2.10. The molecule has 0 fully saturated rings. The van der Waals surface area contributed by atoms with Crippen molar-refractivity contribution < 1.29 is 9.53 Å². The van der Waals surface area contributed by atoms with Crippen LogP contribution in [0, 0.1) is 13.8 Å². The number of anilines is 2. The van der Waals surface area contributed by atoms with Gasteiger partial charge in [-0.05, 0) is 62.2 Å². The number of carbonyl (C=O) groups is 1.